The molecule has 0 atom stereocenters. The van der Waals surface area contributed by atoms with Crippen LogP contribution >= 0.6 is 15.9 Å². The first-order chi connectivity index (χ1) is 6.74. The summed E-state index contributed by atoms with van der Waals surface area (Å²) >= 11 is 3.40. The minimum absolute atomic E-state index is 0.237. The fourth-order valence-electron chi connectivity index (χ4n) is 1.13. The molecule has 0 saturated heterocycles. The lowest BCUT2D eigenvalue weighted by Gasteiger charge is -2.08. The van der Waals surface area contributed by atoms with Gasteiger partial charge in [0, 0.05) is 11.1 Å². The molecule has 0 aliphatic carbocycles. The van der Waals surface area contributed by atoms with Crippen LogP contribution in [0.15, 0.2) is 22.7 Å². The van der Waals surface area contributed by atoms with Crippen LogP contribution in [0.2, 0.25) is 0 Å². The smallest absolute Gasteiger partial charge is 0.123 e. The first kappa shape index (κ1) is 11.5. The minimum Gasteiger partial charge on any atom is -0.493 e. The van der Waals surface area contributed by atoms with E-state index in [0.717, 1.165) is 28.6 Å². The number of aryl methyl sites for hydroxylation is 1. The van der Waals surface area contributed by atoms with E-state index in [-0.39, 0.29) is 6.61 Å². The maximum atomic E-state index is 8.60. The third-order valence-electron chi connectivity index (χ3n) is 1.96. The first-order valence-corrected chi connectivity index (χ1v) is 5.53. The van der Waals surface area contributed by atoms with Crippen LogP contribution in [0.25, 0.3) is 0 Å². The van der Waals surface area contributed by atoms with Crippen molar-refractivity contribution < 1.29 is 9.84 Å². The number of hydrogen-bond acceptors (Lipinski definition) is 2. The number of ether oxygens (including phenoxy) is 1. The van der Waals surface area contributed by atoms with Gasteiger partial charge in [-0.05, 0) is 37.5 Å². The zero-order valence-corrected chi connectivity index (χ0v) is 9.88. The van der Waals surface area contributed by atoms with E-state index in [0.29, 0.717) is 6.61 Å². The van der Waals surface area contributed by atoms with E-state index in [1.165, 1.54) is 0 Å². The molecular weight excluding hydrogens is 244 g/mol. The highest BCUT2D eigenvalue weighted by molar-refractivity contribution is 9.10. The molecule has 0 heterocycles. The van der Waals surface area contributed by atoms with Gasteiger partial charge in [0.1, 0.15) is 5.75 Å². The van der Waals surface area contributed by atoms with Gasteiger partial charge in [0.25, 0.3) is 0 Å². The van der Waals surface area contributed by atoms with E-state index in [1.54, 1.807) is 0 Å². The van der Waals surface area contributed by atoms with Gasteiger partial charge in [-0.25, -0.2) is 0 Å². The van der Waals surface area contributed by atoms with Crippen LogP contribution in [0.1, 0.15) is 18.4 Å². The average Bonchev–Trinajstić information content (AvgIpc) is 2.18. The van der Waals surface area contributed by atoms with Crippen molar-refractivity contribution in [2.45, 2.75) is 19.8 Å². The molecule has 0 fully saturated rings. The van der Waals surface area contributed by atoms with Crippen LogP contribution in [-0.2, 0) is 0 Å². The number of rotatable bonds is 5. The van der Waals surface area contributed by atoms with Gasteiger partial charge in [0.05, 0.1) is 6.61 Å². The second-order valence-corrected chi connectivity index (χ2v) is 4.10. The molecule has 0 aliphatic heterocycles. The van der Waals surface area contributed by atoms with Crippen LogP contribution in [0.5, 0.6) is 5.75 Å². The molecule has 0 radical (unpaired) electrons. The predicted molar refractivity (Wildman–Crippen MR) is 60.7 cm³/mol. The molecule has 0 aromatic heterocycles. The highest BCUT2D eigenvalue weighted by atomic mass is 79.9. The molecule has 2 nitrogen and oxygen atoms in total. The Kier molecular flexibility index (Phi) is 4.98. The van der Waals surface area contributed by atoms with Crippen LogP contribution in [0.3, 0.4) is 0 Å². The van der Waals surface area contributed by atoms with Crippen LogP contribution < -0.4 is 4.74 Å². The molecule has 1 aromatic carbocycles. The van der Waals surface area contributed by atoms with Crippen molar-refractivity contribution in [3.8, 4) is 5.75 Å². The van der Waals surface area contributed by atoms with Crippen molar-refractivity contribution in [3.63, 3.8) is 0 Å². The van der Waals surface area contributed by atoms with Gasteiger partial charge in [-0.1, -0.05) is 22.0 Å². The van der Waals surface area contributed by atoms with E-state index in [2.05, 4.69) is 15.9 Å². The highest BCUT2D eigenvalue weighted by Crippen LogP contribution is 2.22. The molecule has 0 aliphatic rings. The van der Waals surface area contributed by atoms with Crippen LogP contribution in [-0.4, -0.2) is 18.3 Å². The fraction of sp³-hybridized carbons (Fsp3) is 0.455. The summed E-state index contributed by atoms with van der Waals surface area (Å²) in [6.45, 7) is 2.92. The summed E-state index contributed by atoms with van der Waals surface area (Å²) in [6.07, 6.45) is 1.69. The molecule has 3 heteroatoms. The number of benzene rings is 1. The lowest BCUT2D eigenvalue weighted by molar-refractivity contribution is 0.252. The molecule has 1 aromatic rings. The summed E-state index contributed by atoms with van der Waals surface area (Å²) in [6, 6.07) is 5.98. The van der Waals surface area contributed by atoms with Crippen molar-refractivity contribution in [3.05, 3.63) is 28.2 Å². The van der Waals surface area contributed by atoms with E-state index < -0.39 is 0 Å². The molecule has 0 amide bonds. The van der Waals surface area contributed by atoms with Gasteiger partial charge < -0.3 is 9.84 Å². The molecule has 0 saturated carbocycles. The van der Waals surface area contributed by atoms with Gasteiger partial charge in [-0.3, -0.25) is 0 Å². The minimum atomic E-state index is 0.237. The molecular formula is C11H15BrO2. The van der Waals surface area contributed by atoms with E-state index in [4.69, 9.17) is 9.84 Å². The standard InChI is InChI=1S/C11H15BrO2/c1-9-4-5-10(12)8-11(9)14-7-3-2-6-13/h4-5,8,13H,2-3,6-7H2,1H3. The Morgan fingerprint density at radius 1 is 1.36 bits per heavy atom. The van der Waals surface area contributed by atoms with Crippen LogP contribution in [0, 0.1) is 6.92 Å². The fourth-order valence-corrected chi connectivity index (χ4v) is 1.47. The zero-order valence-electron chi connectivity index (χ0n) is 8.29. The lowest BCUT2D eigenvalue weighted by Crippen LogP contribution is -1.99. The Balaban J connectivity index is 2.45. The predicted octanol–water partition coefficient (Wildman–Crippen LogP) is 2.91. The number of aliphatic hydroxyl groups excluding tert-OH is 1. The summed E-state index contributed by atoms with van der Waals surface area (Å²) in [5, 5.41) is 8.60. The number of unbranched alkanes of at least 4 members (excludes halogenated alkanes) is 1. The van der Waals surface area contributed by atoms with E-state index in [1.807, 2.05) is 25.1 Å². The number of aliphatic hydroxyl groups is 1. The van der Waals surface area contributed by atoms with Crippen molar-refractivity contribution in [2.75, 3.05) is 13.2 Å². The molecule has 0 bridgehead atoms. The average molecular weight is 259 g/mol. The molecule has 0 unspecified atom stereocenters. The topological polar surface area (TPSA) is 29.5 Å². The Labute approximate surface area is 93.0 Å². The maximum Gasteiger partial charge on any atom is 0.123 e. The Morgan fingerprint density at radius 2 is 2.14 bits per heavy atom. The van der Waals surface area contributed by atoms with E-state index >= 15 is 0 Å². The summed E-state index contributed by atoms with van der Waals surface area (Å²) in [7, 11) is 0. The maximum absolute atomic E-state index is 8.60. The summed E-state index contributed by atoms with van der Waals surface area (Å²) in [4.78, 5) is 0. The lowest BCUT2D eigenvalue weighted by atomic mass is 10.2. The van der Waals surface area contributed by atoms with Crippen molar-refractivity contribution in [1.82, 2.24) is 0 Å². The van der Waals surface area contributed by atoms with Gasteiger partial charge in [-0.15, -0.1) is 0 Å². The first-order valence-electron chi connectivity index (χ1n) is 4.74. The van der Waals surface area contributed by atoms with Gasteiger partial charge in [0.15, 0.2) is 0 Å². The van der Waals surface area contributed by atoms with Crippen molar-refractivity contribution in [2.24, 2.45) is 0 Å². The SMILES string of the molecule is Cc1ccc(Br)cc1OCCCCO. The van der Waals surface area contributed by atoms with Crippen LogP contribution in [0.4, 0.5) is 0 Å². The molecule has 1 N–H and O–H groups in total. The van der Waals surface area contributed by atoms with E-state index in [9.17, 15) is 0 Å². The zero-order chi connectivity index (χ0) is 10.4. The summed E-state index contributed by atoms with van der Waals surface area (Å²) < 4.78 is 6.61. The molecule has 14 heavy (non-hydrogen) atoms. The van der Waals surface area contributed by atoms with Gasteiger partial charge in [0.2, 0.25) is 0 Å². The second kappa shape index (κ2) is 6.04. The largest absolute Gasteiger partial charge is 0.493 e. The van der Waals surface area contributed by atoms with Crippen molar-refractivity contribution >= 4 is 15.9 Å². The summed E-state index contributed by atoms with van der Waals surface area (Å²) in [5.41, 5.74) is 1.14. The Morgan fingerprint density at radius 3 is 2.86 bits per heavy atom. The normalized spacial score (nSPS) is 10.2. The quantitative estimate of drug-likeness (QED) is 0.824. The highest BCUT2D eigenvalue weighted by Gasteiger charge is 1.99. The third-order valence-corrected chi connectivity index (χ3v) is 2.45. The molecule has 0 spiro atoms. The number of hydrogen-bond donors (Lipinski definition) is 1. The summed E-state index contributed by atoms with van der Waals surface area (Å²) in [5.74, 6) is 0.914. The number of halogens is 1. The third kappa shape index (κ3) is 3.68. The Hall–Kier alpha value is -0.540. The van der Waals surface area contributed by atoms with Crippen molar-refractivity contribution in [1.29, 1.82) is 0 Å². The molecule has 1 rings (SSSR count). The monoisotopic (exact) mass is 258 g/mol. The van der Waals surface area contributed by atoms with Gasteiger partial charge in [-0.2, -0.15) is 0 Å². The van der Waals surface area contributed by atoms with Gasteiger partial charge >= 0.3 is 0 Å². The second-order valence-electron chi connectivity index (χ2n) is 3.19. The Bertz CT molecular complexity index is 287. The molecule has 78 valence electrons.